The van der Waals surface area contributed by atoms with Gasteiger partial charge in [0.2, 0.25) is 5.91 Å². The van der Waals surface area contributed by atoms with Gasteiger partial charge in [-0.15, -0.1) is 0 Å². The normalized spacial score (nSPS) is 15.5. The molecule has 4 rings (SSSR count). The second kappa shape index (κ2) is 8.53. The largest absolute Gasteiger partial charge is 0.344 e. The van der Waals surface area contributed by atoms with Crippen LogP contribution in [0.2, 0.25) is 0 Å². The molecule has 2 N–H and O–H groups in total. The molecule has 0 spiro atoms. The van der Waals surface area contributed by atoms with Gasteiger partial charge in [-0.1, -0.05) is 56.3 Å². The Morgan fingerprint density at radius 1 is 1.07 bits per heavy atom. The van der Waals surface area contributed by atoms with Gasteiger partial charge >= 0.3 is 0 Å². The molecule has 0 aliphatic heterocycles. The second-order valence-electron chi connectivity index (χ2n) is 7.92. The van der Waals surface area contributed by atoms with Crippen molar-refractivity contribution in [3.8, 4) is 5.69 Å². The number of aromatic nitrogens is 2. The van der Waals surface area contributed by atoms with E-state index in [4.69, 9.17) is 0 Å². The molecule has 0 fully saturated rings. The molecule has 2 aromatic carbocycles. The summed E-state index contributed by atoms with van der Waals surface area (Å²) in [5, 5.41) is 10.5. The van der Waals surface area contributed by atoms with Crippen molar-refractivity contribution in [3.63, 3.8) is 0 Å². The van der Waals surface area contributed by atoms with Crippen molar-refractivity contribution in [1.82, 2.24) is 15.1 Å². The summed E-state index contributed by atoms with van der Waals surface area (Å²) in [6, 6.07) is 19.3. The van der Waals surface area contributed by atoms with Gasteiger partial charge in [0.05, 0.1) is 11.7 Å². The molecular weight excluding hydrogens is 376 g/mol. The van der Waals surface area contributed by atoms with Gasteiger partial charge in [-0.25, -0.2) is 4.68 Å². The Bertz CT molecular complexity index is 1060. The van der Waals surface area contributed by atoms with Crippen molar-refractivity contribution in [2.75, 3.05) is 5.32 Å². The van der Waals surface area contributed by atoms with Crippen molar-refractivity contribution < 1.29 is 9.59 Å². The van der Waals surface area contributed by atoms with E-state index in [2.05, 4.69) is 27.9 Å². The maximum Gasteiger partial charge on any atom is 0.272 e. The van der Waals surface area contributed by atoms with E-state index in [-0.39, 0.29) is 29.5 Å². The average Bonchev–Trinajstić information content (AvgIpc) is 3.18. The Balaban J connectivity index is 1.62. The van der Waals surface area contributed by atoms with Gasteiger partial charge in [0.25, 0.3) is 5.91 Å². The minimum atomic E-state index is -0.244. The lowest BCUT2D eigenvalue weighted by Crippen LogP contribution is -2.31. The Labute approximate surface area is 176 Å². The summed E-state index contributed by atoms with van der Waals surface area (Å²) in [5.41, 5.74) is 3.52. The molecule has 1 atom stereocenters. The second-order valence-corrected chi connectivity index (χ2v) is 7.92. The third-order valence-corrected chi connectivity index (χ3v) is 5.39. The highest BCUT2D eigenvalue weighted by Crippen LogP contribution is 2.30. The Morgan fingerprint density at radius 2 is 1.80 bits per heavy atom. The summed E-state index contributed by atoms with van der Waals surface area (Å²) < 4.78 is 1.60. The number of carbonyl (C=O) groups is 2. The zero-order chi connectivity index (χ0) is 21.1. The fraction of sp³-hybridized carbons (Fsp3) is 0.292. The standard InChI is InChI=1S/C24H26N4O2/c1-16(2)23(29)26-22-15-21(27-28(22)18-11-4-3-5-12-18)24(30)25-20-14-8-10-17-9-6-7-13-19(17)20/h3-7,9,11-13,15-16,20H,8,10,14H2,1-2H3,(H,25,30)(H,26,29). The first-order chi connectivity index (χ1) is 14.5. The fourth-order valence-electron chi connectivity index (χ4n) is 3.75. The number of nitrogens with zero attached hydrogens (tertiary/aromatic N) is 2. The number of para-hydroxylation sites is 1. The molecule has 1 aromatic heterocycles. The summed E-state index contributed by atoms with van der Waals surface area (Å²) in [6.45, 7) is 3.65. The maximum atomic E-state index is 13.0. The maximum absolute atomic E-state index is 13.0. The van der Waals surface area contributed by atoms with Crippen LogP contribution in [0.3, 0.4) is 0 Å². The van der Waals surface area contributed by atoms with Gasteiger partial charge in [0.15, 0.2) is 5.69 Å². The van der Waals surface area contributed by atoms with Gasteiger partial charge < -0.3 is 10.6 Å². The van der Waals surface area contributed by atoms with E-state index in [0.29, 0.717) is 5.82 Å². The number of amides is 2. The molecule has 1 heterocycles. The van der Waals surface area contributed by atoms with Gasteiger partial charge in [-0.2, -0.15) is 5.10 Å². The molecule has 1 aliphatic rings. The lowest BCUT2D eigenvalue weighted by atomic mass is 9.88. The molecule has 0 radical (unpaired) electrons. The van der Waals surface area contributed by atoms with Crippen LogP contribution in [0.4, 0.5) is 5.82 Å². The van der Waals surface area contributed by atoms with E-state index in [1.165, 1.54) is 11.1 Å². The molecule has 1 unspecified atom stereocenters. The number of benzene rings is 2. The smallest absolute Gasteiger partial charge is 0.272 e. The highest BCUT2D eigenvalue weighted by Gasteiger charge is 2.24. The third kappa shape index (κ3) is 4.13. The van der Waals surface area contributed by atoms with Gasteiger partial charge in [0.1, 0.15) is 5.82 Å². The minimum absolute atomic E-state index is 0.0296. The predicted octanol–water partition coefficient (Wildman–Crippen LogP) is 4.27. The van der Waals surface area contributed by atoms with E-state index in [1.54, 1.807) is 10.7 Å². The number of hydrogen-bond donors (Lipinski definition) is 2. The van der Waals surface area contributed by atoms with Crippen LogP contribution in [0.25, 0.3) is 5.69 Å². The first-order valence-electron chi connectivity index (χ1n) is 10.4. The number of aryl methyl sites for hydroxylation is 1. The molecular formula is C24H26N4O2. The van der Waals surface area contributed by atoms with Crippen LogP contribution in [-0.4, -0.2) is 21.6 Å². The van der Waals surface area contributed by atoms with E-state index in [0.717, 1.165) is 24.9 Å². The number of anilines is 1. The van der Waals surface area contributed by atoms with E-state index >= 15 is 0 Å². The summed E-state index contributed by atoms with van der Waals surface area (Å²) in [5.74, 6) is -0.0686. The molecule has 2 amide bonds. The van der Waals surface area contributed by atoms with Crippen LogP contribution in [0, 0.1) is 5.92 Å². The van der Waals surface area contributed by atoms with Crippen LogP contribution in [-0.2, 0) is 11.2 Å². The zero-order valence-electron chi connectivity index (χ0n) is 17.3. The molecule has 0 bridgehead atoms. The topological polar surface area (TPSA) is 76.0 Å². The number of fused-ring (bicyclic) bond motifs is 1. The van der Waals surface area contributed by atoms with Crippen LogP contribution in [0.1, 0.15) is 54.3 Å². The van der Waals surface area contributed by atoms with Crippen molar-refractivity contribution in [2.45, 2.75) is 39.2 Å². The minimum Gasteiger partial charge on any atom is -0.344 e. The quantitative estimate of drug-likeness (QED) is 0.669. The van der Waals surface area contributed by atoms with Gasteiger partial charge in [-0.3, -0.25) is 9.59 Å². The summed E-state index contributed by atoms with van der Waals surface area (Å²) in [6.07, 6.45) is 2.98. The van der Waals surface area contributed by atoms with Crippen LogP contribution in [0.5, 0.6) is 0 Å². The molecule has 3 aromatic rings. The van der Waals surface area contributed by atoms with Crippen molar-refractivity contribution >= 4 is 17.6 Å². The lowest BCUT2D eigenvalue weighted by molar-refractivity contribution is -0.118. The van der Waals surface area contributed by atoms with E-state index in [1.807, 2.05) is 56.3 Å². The van der Waals surface area contributed by atoms with Gasteiger partial charge in [-0.05, 0) is 42.5 Å². The first kappa shape index (κ1) is 19.9. The van der Waals surface area contributed by atoms with E-state index < -0.39 is 0 Å². The molecule has 6 nitrogen and oxygen atoms in total. The van der Waals surface area contributed by atoms with Crippen molar-refractivity contribution in [3.05, 3.63) is 77.5 Å². The molecule has 0 saturated heterocycles. The van der Waals surface area contributed by atoms with Gasteiger partial charge in [0, 0.05) is 12.0 Å². The number of hydrogen-bond acceptors (Lipinski definition) is 3. The van der Waals surface area contributed by atoms with E-state index in [9.17, 15) is 9.59 Å². The molecule has 1 aliphatic carbocycles. The molecule has 6 heteroatoms. The predicted molar refractivity (Wildman–Crippen MR) is 117 cm³/mol. The van der Waals surface area contributed by atoms with Crippen LogP contribution >= 0.6 is 0 Å². The fourth-order valence-corrected chi connectivity index (χ4v) is 3.75. The summed E-state index contributed by atoms with van der Waals surface area (Å²) in [4.78, 5) is 25.3. The third-order valence-electron chi connectivity index (χ3n) is 5.39. The number of carbonyl (C=O) groups excluding carboxylic acids is 2. The highest BCUT2D eigenvalue weighted by molar-refractivity contribution is 5.96. The monoisotopic (exact) mass is 402 g/mol. The number of rotatable bonds is 5. The highest BCUT2D eigenvalue weighted by atomic mass is 16.2. The Morgan fingerprint density at radius 3 is 2.57 bits per heavy atom. The summed E-state index contributed by atoms with van der Waals surface area (Å²) >= 11 is 0. The SMILES string of the molecule is CC(C)C(=O)Nc1cc(C(=O)NC2CCCc3ccccc32)nn1-c1ccccc1. The average molecular weight is 402 g/mol. The molecule has 0 saturated carbocycles. The Kier molecular flexibility index (Phi) is 5.65. The van der Waals surface area contributed by atoms with Crippen LogP contribution in [0.15, 0.2) is 60.7 Å². The Hall–Kier alpha value is -3.41. The van der Waals surface area contributed by atoms with Crippen LogP contribution < -0.4 is 10.6 Å². The van der Waals surface area contributed by atoms with Crippen molar-refractivity contribution in [2.24, 2.45) is 5.92 Å². The molecule has 30 heavy (non-hydrogen) atoms. The number of nitrogens with one attached hydrogen (secondary N) is 2. The van der Waals surface area contributed by atoms with Crippen molar-refractivity contribution in [1.29, 1.82) is 0 Å². The first-order valence-corrected chi connectivity index (χ1v) is 10.4. The summed E-state index contributed by atoms with van der Waals surface area (Å²) in [7, 11) is 0. The zero-order valence-corrected chi connectivity index (χ0v) is 17.3. The lowest BCUT2D eigenvalue weighted by Gasteiger charge is -2.26. The molecule has 154 valence electrons.